The highest BCUT2D eigenvalue weighted by Gasteiger charge is 2.64. The van der Waals surface area contributed by atoms with Gasteiger partial charge in [0.05, 0.1) is 5.56 Å². The number of rotatable bonds is 6. The smallest absolute Gasteiger partial charge is 0.255 e. The SMILES string of the molecule is CC(Cc1cc(N(C)C)c2c(c1O)C(O)=C1C(=O)[C@]3(O)C(O)=C(C(N)=O)C(=O)[C@@H](C(C)C)[C@@H]3C[C@@H]1C2)CC(C)(C)C. The monoisotopic (exact) mass is 568 g/mol. The molecule has 5 atom stereocenters. The van der Waals surface area contributed by atoms with Crippen LogP contribution in [0, 0.1) is 35.0 Å². The number of aromatic hydroxyl groups is 1. The number of phenols is 1. The number of primary amides is 1. The number of nitrogens with two attached hydrogens (primary N) is 1. The number of fused-ring (bicyclic) bond motifs is 3. The van der Waals surface area contributed by atoms with Crippen molar-refractivity contribution in [1.29, 1.82) is 0 Å². The zero-order valence-electron chi connectivity index (χ0n) is 25.3. The Balaban J connectivity index is 1.93. The first-order valence-electron chi connectivity index (χ1n) is 14.4. The third-order valence-electron chi connectivity index (χ3n) is 9.04. The van der Waals surface area contributed by atoms with Crippen LogP contribution in [0.1, 0.15) is 71.1 Å². The minimum Gasteiger partial charge on any atom is -0.508 e. The van der Waals surface area contributed by atoms with Gasteiger partial charge in [0.2, 0.25) is 5.78 Å². The number of carbonyl (C=O) groups excluding carboxylic acids is 3. The molecule has 0 aliphatic heterocycles. The van der Waals surface area contributed by atoms with E-state index in [-0.39, 0.29) is 47.0 Å². The molecule has 224 valence electrons. The van der Waals surface area contributed by atoms with Gasteiger partial charge in [0, 0.05) is 37.2 Å². The quantitative estimate of drug-likeness (QED) is 0.322. The zero-order valence-corrected chi connectivity index (χ0v) is 25.3. The van der Waals surface area contributed by atoms with Crippen LogP contribution in [0.25, 0.3) is 5.76 Å². The second kappa shape index (κ2) is 10.2. The lowest BCUT2D eigenvalue weighted by Gasteiger charge is -2.50. The summed E-state index contributed by atoms with van der Waals surface area (Å²) in [4.78, 5) is 41.5. The van der Waals surface area contributed by atoms with E-state index >= 15 is 0 Å². The maximum Gasteiger partial charge on any atom is 0.255 e. The Morgan fingerprint density at radius 2 is 1.76 bits per heavy atom. The molecule has 0 spiro atoms. The van der Waals surface area contributed by atoms with E-state index in [0.717, 1.165) is 12.1 Å². The molecule has 1 aromatic rings. The lowest BCUT2D eigenvalue weighted by molar-refractivity contribution is -0.155. The molecule has 1 amide bonds. The van der Waals surface area contributed by atoms with Crippen LogP contribution in [0.5, 0.6) is 5.75 Å². The number of carbonyl (C=O) groups is 3. The van der Waals surface area contributed by atoms with E-state index in [1.54, 1.807) is 13.8 Å². The number of aliphatic hydroxyl groups excluding tert-OH is 2. The van der Waals surface area contributed by atoms with Crippen LogP contribution in [0.4, 0.5) is 5.69 Å². The topological polar surface area (TPSA) is 161 Å². The summed E-state index contributed by atoms with van der Waals surface area (Å²) in [5, 5.41) is 46.1. The van der Waals surface area contributed by atoms with Gasteiger partial charge in [-0.05, 0) is 66.0 Å². The molecule has 1 saturated carbocycles. The average Bonchev–Trinajstić information content (AvgIpc) is 2.81. The molecule has 9 nitrogen and oxygen atoms in total. The Bertz CT molecular complexity index is 1380. The molecular weight excluding hydrogens is 524 g/mol. The number of nitrogens with zero attached hydrogens (tertiary/aromatic N) is 1. The number of hydrogen-bond acceptors (Lipinski definition) is 8. The molecule has 9 heteroatoms. The molecule has 0 aromatic heterocycles. The normalized spacial score (nSPS) is 27.0. The molecule has 4 rings (SSSR count). The minimum atomic E-state index is -2.61. The molecule has 1 aromatic carbocycles. The second-order valence-corrected chi connectivity index (χ2v) is 14.0. The van der Waals surface area contributed by atoms with Crippen molar-refractivity contribution in [3.8, 4) is 5.75 Å². The van der Waals surface area contributed by atoms with Gasteiger partial charge < -0.3 is 31.1 Å². The van der Waals surface area contributed by atoms with Crippen molar-refractivity contribution in [2.24, 2.45) is 40.7 Å². The lowest BCUT2D eigenvalue weighted by atomic mass is 9.54. The molecule has 3 aliphatic rings. The number of benzene rings is 1. The lowest BCUT2D eigenvalue weighted by Crippen LogP contribution is -2.62. The Hall–Kier alpha value is -3.33. The number of ketones is 2. The molecule has 3 aliphatic carbocycles. The Morgan fingerprint density at radius 3 is 2.27 bits per heavy atom. The number of Topliss-reactive ketones (excluding diaryl/α,β-unsaturated/α-hetero) is 2. The van der Waals surface area contributed by atoms with Gasteiger partial charge in [-0.25, -0.2) is 0 Å². The summed E-state index contributed by atoms with van der Waals surface area (Å²) >= 11 is 0. The molecular formula is C32H44N2O7. The summed E-state index contributed by atoms with van der Waals surface area (Å²) in [5.41, 5.74) is 4.24. The predicted octanol–water partition coefficient (Wildman–Crippen LogP) is 3.99. The fourth-order valence-electron chi connectivity index (χ4n) is 7.63. The van der Waals surface area contributed by atoms with Gasteiger partial charge >= 0.3 is 0 Å². The van der Waals surface area contributed by atoms with Crippen LogP contribution in [-0.2, 0) is 27.2 Å². The summed E-state index contributed by atoms with van der Waals surface area (Å²) in [6.45, 7) is 12.1. The summed E-state index contributed by atoms with van der Waals surface area (Å²) < 4.78 is 0. The molecule has 0 heterocycles. The van der Waals surface area contributed by atoms with E-state index in [2.05, 4.69) is 27.7 Å². The second-order valence-electron chi connectivity index (χ2n) is 14.0. The number of amides is 1. The van der Waals surface area contributed by atoms with Crippen molar-refractivity contribution >= 4 is 28.9 Å². The van der Waals surface area contributed by atoms with E-state index < -0.39 is 57.9 Å². The molecule has 6 N–H and O–H groups in total. The van der Waals surface area contributed by atoms with Crippen molar-refractivity contribution in [2.45, 2.75) is 72.8 Å². The molecule has 0 bridgehead atoms. The van der Waals surface area contributed by atoms with Gasteiger partial charge in [-0.2, -0.15) is 0 Å². The van der Waals surface area contributed by atoms with E-state index in [9.17, 15) is 34.8 Å². The Morgan fingerprint density at radius 1 is 1.15 bits per heavy atom. The number of aliphatic hydroxyl groups is 3. The van der Waals surface area contributed by atoms with Gasteiger partial charge in [-0.3, -0.25) is 14.4 Å². The summed E-state index contributed by atoms with van der Waals surface area (Å²) in [7, 11) is 3.75. The maximum absolute atomic E-state index is 14.1. The van der Waals surface area contributed by atoms with Crippen LogP contribution in [0.2, 0.25) is 0 Å². The minimum absolute atomic E-state index is 0.0833. The Kier molecular flexibility index (Phi) is 7.61. The van der Waals surface area contributed by atoms with Crippen LogP contribution in [0.3, 0.4) is 0 Å². The van der Waals surface area contributed by atoms with Gasteiger partial charge in [0.1, 0.15) is 22.8 Å². The van der Waals surface area contributed by atoms with Crippen molar-refractivity contribution in [1.82, 2.24) is 0 Å². The van der Waals surface area contributed by atoms with E-state index in [1.807, 2.05) is 25.1 Å². The predicted molar refractivity (Wildman–Crippen MR) is 156 cm³/mol. The maximum atomic E-state index is 14.1. The van der Waals surface area contributed by atoms with E-state index in [4.69, 9.17) is 5.73 Å². The van der Waals surface area contributed by atoms with Gasteiger partial charge in [0.15, 0.2) is 11.4 Å². The van der Waals surface area contributed by atoms with Gasteiger partial charge in [-0.1, -0.05) is 41.5 Å². The molecule has 0 radical (unpaired) electrons. The third kappa shape index (κ3) is 4.82. The van der Waals surface area contributed by atoms with Crippen molar-refractivity contribution in [2.75, 3.05) is 19.0 Å². The number of anilines is 1. The van der Waals surface area contributed by atoms with Gasteiger partial charge in [-0.15, -0.1) is 0 Å². The van der Waals surface area contributed by atoms with Crippen molar-refractivity contribution in [3.63, 3.8) is 0 Å². The number of hydrogen-bond donors (Lipinski definition) is 5. The fraction of sp³-hybridized carbons (Fsp3) is 0.594. The van der Waals surface area contributed by atoms with E-state index in [0.29, 0.717) is 17.5 Å². The summed E-state index contributed by atoms with van der Waals surface area (Å²) in [6.07, 6.45) is 1.83. The van der Waals surface area contributed by atoms with Crippen LogP contribution in [-0.4, -0.2) is 57.6 Å². The highest BCUT2D eigenvalue weighted by atomic mass is 16.3. The highest BCUT2D eigenvalue weighted by Crippen LogP contribution is 2.55. The van der Waals surface area contributed by atoms with Crippen molar-refractivity contribution < 1.29 is 34.8 Å². The molecule has 1 fully saturated rings. The average molecular weight is 569 g/mol. The molecule has 1 unspecified atom stereocenters. The van der Waals surface area contributed by atoms with E-state index in [1.165, 1.54) is 0 Å². The Labute approximate surface area is 241 Å². The molecule has 0 saturated heterocycles. The molecule has 41 heavy (non-hydrogen) atoms. The van der Waals surface area contributed by atoms with Crippen LogP contribution >= 0.6 is 0 Å². The summed E-state index contributed by atoms with van der Waals surface area (Å²) in [6, 6.07) is 1.93. The first-order valence-corrected chi connectivity index (χ1v) is 14.4. The first kappa shape index (κ1) is 30.6. The fourth-order valence-corrected chi connectivity index (χ4v) is 7.63. The van der Waals surface area contributed by atoms with Gasteiger partial charge in [0.25, 0.3) is 5.91 Å². The van der Waals surface area contributed by atoms with Crippen LogP contribution in [0.15, 0.2) is 23.0 Å². The summed E-state index contributed by atoms with van der Waals surface area (Å²) in [5.74, 6) is -7.23. The largest absolute Gasteiger partial charge is 0.508 e. The van der Waals surface area contributed by atoms with Crippen LogP contribution < -0.4 is 10.6 Å². The van der Waals surface area contributed by atoms with Crippen molar-refractivity contribution in [3.05, 3.63) is 39.7 Å². The third-order valence-corrected chi connectivity index (χ3v) is 9.04. The highest BCUT2D eigenvalue weighted by molar-refractivity contribution is 6.23. The number of phenolic OH excluding ortho intramolecular Hbond substituents is 1. The zero-order chi connectivity index (χ0) is 30.9. The standard InChI is InChI=1S/C32H44N2O7/c1-14(2)21-19-11-16-10-18-20(34(7)8)12-17(9-15(3)13-31(4,5)6)25(35)23(18)27(37)22(16)28(38)32(19,41)29(39)24(26(21)36)30(33)40/h12,14-16,19,21,35,37,39,41H,9-11,13H2,1-8H3,(H2,33,40)/t15?,16-,19-,21-,32-/m0/s1. The first-order chi connectivity index (χ1) is 18.8.